The molecule has 0 spiro atoms. The Morgan fingerprint density at radius 2 is 1.95 bits per heavy atom. The molecule has 98 valence electrons. The molecular weight excluding hydrogens is 289 g/mol. The van der Waals surface area contributed by atoms with Gasteiger partial charge >= 0.3 is 0 Å². The van der Waals surface area contributed by atoms with E-state index >= 15 is 0 Å². The van der Waals surface area contributed by atoms with Gasteiger partial charge in [-0.2, -0.15) is 0 Å². The monoisotopic (exact) mass is 297 g/mol. The van der Waals surface area contributed by atoms with Crippen molar-refractivity contribution >= 4 is 28.9 Å². The molecule has 4 nitrogen and oxygen atoms in total. The fraction of sp³-hybridized carbons (Fsp3) is 0.0769. The predicted octanol–water partition coefficient (Wildman–Crippen LogP) is 4.48. The van der Waals surface area contributed by atoms with Gasteiger partial charge in [-0.3, -0.25) is 10.1 Å². The molecule has 0 N–H and O–H groups in total. The zero-order chi connectivity index (χ0) is 13.8. The van der Waals surface area contributed by atoms with Gasteiger partial charge in [0.05, 0.1) is 11.0 Å². The molecule has 0 heterocycles. The maximum Gasteiger partial charge on any atom is 0.291 e. The summed E-state index contributed by atoms with van der Waals surface area (Å²) in [7, 11) is 0. The van der Waals surface area contributed by atoms with Crippen LogP contribution in [0, 0.1) is 10.1 Å². The minimum atomic E-state index is -0.547. The first-order valence-corrected chi connectivity index (χ1v) is 6.13. The Morgan fingerprint density at radius 1 is 1.16 bits per heavy atom. The second-order valence-electron chi connectivity index (χ2n) is 3.79. The van der Waals surface area contributed by atoms with E-state index in [2.05, 4.69) is 0 Å². The van der Waals surface area contributed by atoms with E-state index in [9.17, 15) is 10.1 Å². The van der Waals surface area contributed by atoms with E-state index in [-0.39, 0.29) is 17.3 Å². The highest BCUT2D eigenvalue weighted by atomic mass is 35.5. The molecule has 0 unspecified atom stereocenters. The van der Waals surface area contributed by atoms with Gasteiger partial charge in [-0.15, -0.1) is 0 Å². The Balaban J connectivity index is 2.12. The molecule has 19 heavy (non-hydrogen) atoms. The average molecular weight is 298 g/mol. The minimum absolute atomic E-state index is 0.0834. The van der Waals surface area contributed by atoms with Gasteiger partial charge in [-0.05, 0) is 29.8 Å². The van der Waals surface area contributed by atoms with Crippen LogP contribution < -0.4 is 4.74 Å². The molecule has 0 atom stereocenters. The van der Waals surface area contributed by atoms with Gasteiger partial charge in [0.1, 0.15) is 17.4 Å². The van der Waals surface area contributed by atoms with E-state index in [1.54, 1.807) is 18.2 Å². The highest BCUT2D eigenvalue weighted by Crippen LogP contribution is 2.29. The number of ether oxygens (including phenoxy) is 1. The standard InChI is InChI=1S/C13H9Cl2NO3/c14-10-3-1-2-9(6-10)8-19-11-4-5-12(15)13(7-11)16(17)18/h1-7H,8H2. The first-order valence-electron chi connectivity index (χ1n) is 5.37. The summed E-state index contributed by atoms with van der Waals surface area (Å²) in [6.07, 6.45) is 0. The molecule has 6 heteroatoms. The normalized spacial score (nSPS) is 10.2. The van der Waals surface area contributed by atoms with Crippen molar-refractivity contribution in [2.45, 2.75) is 6.61 Å². The van der Waals surface area contributed by atoms with Crippen LogP contribution in [-0.2, 0) is 6.61 Å². The number of benzene rings is 2. The second-order valence-corrected chi connectivity index (χ2v) is 4.63. The largest absolute Gasteiger partial charge is 0.489 e. The summed E-state index contributed by atoms with van der Waals surface area (Å²) >= 11 is 11.6. The van der Waals surface area contributed by atoms with Crippen molar-refractivity contribution in [1.29, 1.82) is 0 Å². The smallest absolute Gasteiger partial charge is 0.291 e. The first-order chi connectivity index (χ1) is 9.06. The van der Waals surface area contributed by atoms with Crippen molar-refractivity contribution in [3.05, 3.63) is 68.2 Å². The molecule has 0 saturated heterocycles. The van der Waals surface area contributed by atoms with Crippen molar-refractivity contribution in [2.24, 2.45) is 0 Å². The van der Waals surface area contributed by atoms with Gasteiger partial charge in [-0.1, -0.05) is 35.3 Å². The molecule has 0 radical (unpaired) electrons. The van der Waals surface area contributed by atoms with Crippen LogP contribution in [0.4, 0.5) is 5.69 Å². The molecule has 0 aromatic heterocycles. The Morgan fingerprint density at radius 3 is 2.63 bits per heavy atom. The first kappa shape index (κ1) is 13.6. The molecular formula is C13H9Cl2NO3. The number of nitrogens with zero attached hydrogens (tertiary/aromatic N) is 1. The molecule has 0 aliphatic rings. The lowest BCUT2D eigenvalue weighted by Gasteiger charge is -2.07. The fourth-order valence-corrected chi connectivity index (χ4v) is 1.92. The van der Waals surface area contributed by atoms with Crippen molar-refractivity contribution in [2.75, 3.05) is 0 Å². The Labute approximate surface area is 119 Å². The number of hydrogen-bond donors (Lipinski definition) is 0. The van der Waals surface area contributed by atoms with Gasteiger partial charge in [0, 0.05) is 5.02 Å². The number of halogens is 2. The second kappa shape index (κ2) is 5.91. The Kier molecular flexibility index (Phi) is 4.24. The van der Waals surface area contributed by atoms with Crippen molar-refractivity contribution < 1.29 is 9.66 Å². The minimum Gasteiger partial charge on any atom is -0.489 e. The SMILES string of the molecule is O=[N+]([O-])c1cc(OCc2cccc(Cl)c2)ccc1Cl. The molecule has 2 rings (SSSR count). The van der Waals surface area contributed by atoms with Gasteiger partial charge in [-0.25, -0.2) is 0 Å². The molecule has 0 saturated carbocycles. The summed E-state index contributed by atoms with van der Waals surface area (Å²) in [5, 5.41) is 11.4. The molecule has 0 bridgehead atoms. The van der Waals surface area contributed by atoms with E-state index < -0.39 is 4.92 Å². The number of hydrogen-bond acceptors (Lipinski definition) is 3. The van der Waals surface area contributed by atoms with Gasteiger partial charge < -0.3 is 4.74 Å². The van der Waals surface area contributed by atoms with E-state index in [1.165, 1.54) is 12.1 Å². The van der Waals surface area contributed by atoms with Crippen LogP contribution in [0.25, 0.3) is 0 Å². The molecule has 2 aromatic carbocycles. The van der Waals surface area contributed by atoms with Crippen LogP contribution in [0.1, 0.15) is 5.56 Å². The number of nitro groups is 1. The zero-order valence-corrected chi connectivity index (χ0v) is 11.2. The van der Waals surface area contributed by atoms with Crippen LogP contribution in [0.5, 0.6) is 5.75 Å². The third-order valence-corrected chi connectivity index (χ3v) is 2.96. The lowest BCUT2D eigenvalue weighted by Crippen LogP contribution is -1.96. The van der Waals surface area contributed by atoms with Crippen LogP contribution in [0.15, 0.2) is 42.5 Å². The van der Waals surface area contributed by atoms with E-state index in [0.717, 1.165) is 5.56 Å². The van der Waals surface area contributed by atoms with Crippen LogP contribution in [0.3, 0.4) is 0 Å². The highest BCUT2D eigenvalue weighted by molar-refractivity contribution is 6.32. The maximum absolute atomic E-state index is 10.7. The Hall–Kier alpha value is -1.78. The van der Waals surface area contributed by atoms with Crippen LogP contribution >= 0.6 is 23.2 Å². The summed E-state index contributed by atoms with van der Waals surface area (Å²) in [5.41, 5.74) is 0.704. The van der Waals surface area contributed by atoms with Crippen LogP contribution in [-0.4, -0.2) is 4.92 Å². The molecule has 0 aliphatic heterocycles. The van der Waals surface area contributed by atoms with Gasteiger partial charge in [0.2, 0.25) is 0 Å². The lowest BCUT2D eigenvalue weighted by atomic mass is 10.2. The lowest BCUT2D eigenvalue weighted by molar-refractivity contribution is -0.384. The summed E-state index contributed by atoms with van der Waals surface area (Å²) in [4.78, 5) is 10.2. The third kappa shape index (κ3) is 3.59. The maximum atomic E-state index is 10.7. The zero-order valence-electron chi connectivity index (χ0n) is 9.68. The van der Waals surface area contributed by atoms with Crippen LogP contribution in [0.2, 0.25) is 10.0 Å². The van der Waals surface area contributed by atoms with E-state index in [4.69, 9.17) is 27.9 Å². The summed E-state index contributed by atoms with van der Waals surface area (Å²) < 4.78 is 5.47. The van der Waals surface area contributed by atoms with Crippen molar-refractivity contribution in [3.63, 3.8) is 0 Å². The quantitative estimate of drug-likeness (QED) is 0.617. The van der Waals surface area contributed by atoms with E-state index in [1.807, 2.05) is 12.1 Å². The summed E-state index contributed by atoms with van der Waals surface area (Å²) in [6, 6.07) is 11.5. The van der Waals surface area contributed by atoms with Crippen molar-refractivity contribution in [3.8, 4) is 5.75 Å². The molecule has 0 amide bonds. The van der Waals surface area contributed by atoms with E-state index in [0.29, 0.717) is 10.8 Å². The van der Waals surface area contributed by atoms with Crippen molar-refractivity contribution in [1.82, 2.24) is 0 Å². The highest BCUT2D eigenvalue weighted by Gasteiger charge is 2.13. The van der Waals surface area contributed by atoms with Gasteiger partial charge in [0.15, 0.2) is 0 Å². The summed E-state index contributed by atoms with van der Waals surface area (Å²) in [5.74, 6) is 0.385. The summed E-state index contributed by atoms with van der Waals surface area (Å²) in [6.45, 7) is 0.277. The molecule has 0 aliphatic carbocycles. The molecule has 0 fully saturated rings. The topological polar surface area (TPSA) is 52.4 Å². The van der Waals surface area contributed by atoms with Gasteiger partial charge in [0.25, 0.3) is 5.69 Å². The third-order valence-electron chi connectivity index (χ3n) is 2.41. The predicted molar refractivity (Wildman–Crippen MR) is 73.9 cm³/mol. The molecule has 2 aromatic rings. The Bertz CT molecular complexity index is 617. The number of nitro benzene ring substituents is 1. The fourth-order valence-electron chi connectivity index (χ4n) is 1.52. The number of rotatable bonds is 4. The average Bonchev–Trinajstić information content (AvgIpc) is 2.37.